The molecule has 2 bridgehead atoms. The van der Waals surface area contributed by atoms with Crippen LogP contribution in [0.1, 0.15) is 25.7 Å². The first-order valence-corrected chi connectivity index (χ1v) is 6.46. The quantitative estimate of drug-likeness (QED) is 0.754. The number of hydrogen-bond acceptors (Lipinski definition) is 3. The van der Waals surface area contributed by atoms with Crippen molar-refractivity contribution >= 4 is 5.91 Å². The van der Waals surface area contributed by atoms with Crippen molar-refractivity contribution in [3.63, 3.8) is 0 Å². The summed E-state index contributed by atoms with van der Waals surface area (Å²) in [4.78, 5) is 12.1. The number of nitrogens with zero attached hydrogens (tertiary/aromatic N) is 1. The van der Waals surface area contributed by atoms with E-state index in [0.29, 0.717) is 11.8 Å². The van der Waals surface area contributed by atoms with E-state index in [9.17, 15) is 4.79 Å². The Morgan fingerprint density at radius 3 is 2.62 bits per heavy atom. The summed E-state index contributed by atoms with van der Waals surface area (Å²) in [6.07, 6.45) is 5.04. The second-order valence-electron chi connectivity index (χ2n) is 5.36. The van der Waals surface area contributed by atoms with Crippen LogP contribution in [-0.4, -0.2) is 37.2 Å². The molecule has 0 spiro atoms. The molecular weight excluding hydrogens is 204 g/mol. The lowest BCUT2D eigenvalue weighted by Crippen LogP contribution is -2.50. The van der Waals surface area contributed by atoms with E-state index < -0.39 is 0 Å². The van der Waals surface area contributed by atoms with E-state index in [4.69, 9.17) is 4.74 Å². The Hall–Kier alpha value is -0.610. The number of ether oxygens (including phenoxy) is 1. The predicted octanol–water partition coefficient (Wildman–Crippen LogP) is 0.786. The molecule has 0 aromatic carbocycles. The maximum atomic E-state index is 12.1. The molecule has 1 aliphatic heterocycles. The highest BCUT2D eigenvalue weighted by Crippen LogP contribution is 2.48. The van der Waals surface area contributed by atoms with Crippen LogP contribution in [0.25, 0.3) is 0 Å². The van der Waals surface area contributed by atoms with Gasteiger partial charge in [0.25, 0.3) is 0 Å². The molecule has 1 saturated heterocycles. The maximum Gasteiger partial charge on any atom is 0.237 e. The molecule has 2 aliphatic carbocycles. The number of rotatable bonds is 2. The fourth-order valence-corrected chi connectivity index (χ4v) is 3.48. The van der Waals surface area contributed by atoms with Gasteiger partial charge in [-0.1, -0.05) is 6.42 Å². The number of carbonyl (C=O) groups excluding carboxylic acids is 1. The highest BCUT2D eigenvalue weighted by Gasteiger charge is 2.43. The molecule has 4 heteroatoms. The SMILES string of the molecule is O=C(NN1CCOCC1)[C@@H]1C[C@H]2CC[C@H]1C2. The van der Waals surface area contributed by atoms with E-state index in [1.165, 1.54) is 19.3 Å². The largest absolute Gasteiger partial charge is 0.379 e. The van der Waals surface area contributed by atoms with Gasteiger partial charge in [-0.25, -0.2) is 5.01 Å². The van der Waals surface area contributed by atoms with E-state index in [2.05, 4.69) is 5.43 Å². The van der Waals surface area contributed by atoms with Gasteiger partial charge < -0.3 is 4.74 Å². The van der Waals surface area contributed by atoms with Gasteiger partial charge in [-0.2, -0.15) is 0 Å². The van der Waals surface area contributed by atoms with Gasteiger partial charge in [-0.05, 0) is 31.1 Å². The molecule has 4 nitrogen and oxygen atoms in total. The summed E-state index contributed by atoms with van der Waals surface area (Å²) in [5, 5.41) is 2.01. The zero-order valence-electron chi connectivity index (χ0n) is 9.65. The van der Waals surface area contributed by atoms with Crippen LogP contribution >= 0.6 is 0 Å². The highest BCUT2D eigenvalue weighted by molar-refractivity contribution is 5.79. The Balaban J connectivity index is 1.53. The third-order valence-corrected chi connectivity index (χ3v) is 4.35. The minimum Gasteiger partial charge on any atom is -0.379 e. The van der Waals surface area contributed by atoms with E-state index >= 15 is 0 Å². The second kappa shape index (κ2) is 4.34. The summed E-state index contributed by atoms with van der Waals surface area (Å²) < 4.78 is 5.26. The first kappa shape index (κ1) is 10.5. The monoisotopic (exact) mass is 224 g/mol. The average Bonchev–Trinajstić information content (AvgIpc) is 2.92. The molecule has 16 heavy (non-hydrogen) atoms. The first-order valence-electron chi connectivity index (χ1n) is 6.46. The molecule has 3 rings (SSSR count). The number of hydrazine groups is 1. The molecule has 0 radical (unpaired) electrons. The standard InChI is InChI=1S/C12H20N2O2/c15-12(13-14-3-5-16-6-4-14)11-8-9-1-2-10(11)7-9/h9-11H,1-8H2,(H,13,15)/t9-,10-,11+/m0/s1. The van der Waals surface area contributed by atoms with Crippen LogP contribution < -0.4 is 5.43 Å². The molecule has 2 saturated carbocycles. The van der Waals surface area contributed by atoms with Gasteiger partial charge in [0.1, 0.15) is 0 Å². The van der Waals surface area contributed by atoms with Crippen molar-refractivity contribution in [3.05, 3.63) is 0 Å². The zero-order chi connectivity index (χ0) is 11.0. The topological polar surface area (TPSA) is 41.6 Å². The third-order valence-electron chi connectivity index (χ3n) is 4.35. The van der Waals surface area contributed by atoms with E-state index in [-0.39, 0.29) is 5.91 Å². The Kier molecular flexibility index (Phi) is 2.86. The lowest BCUT2D eigenvalue weighted by molar-refractivity contribution is -0.133. The Morgan fingerprint density at radius 1 is 1.19 bits per heavy atom. The zero-order valence-corrected chi connectivity index (χ0v) is 9.65. The van der Waals surface area contributed by atoms with Crippen LogP contribution in [0.5, 0.6) is 0 Å². The van der Waals surface area contributed by atoms with Gasteiger partial charge in [-0.3, -0.25) is 10.2 Å². The molecule has 3 fully saturated rings. The minimum absolute atomic E-state index is 0.258. The van der Waals surface area contributed by atoms with E-state index in [0.717, 1.165) is 38.6 Å². The summed E-state index contributed by atoms with van der Waals surface area (Å²) >= 11 is 0. The number of carbonyl (C=O) groups is 1. The maximum absolute atomic E-state index is 12.1. The van der Waals surface area contributed by atoms with Crippen molar-refractivity contribution in [1.82, 2.24) is 10.4 Å². The van der Waals surface area contributed by atoms with Gasteiger partial charge in [0.15, 0.2) is 0 Å². The summed E-state index contributed by atoms with van der Waals surface area (Å²) in [6, 6.07) is 0. The molecule has 1 heterocycles. The Bertz CT molecular complexity index is 276. The van der Waals surface area contributed by atoms with Crippen molar-refractivity contribution in [3.8, 4) is 0 Å². The molecular formula is C12H20N2O2. The number of nitrogens with one attached hydrogen (secondary N) is 1. The van der Waals surface area contributed by atoms with Gasteiger partial charge in [0.05, 0.1) is 13.2 Å². The summed E-state index contributed by atoms with van der Waals surface area (Å²) in [6.45, 7) is 3.12. The molecule has 1 amide bonds. The summed E-state index contributed by atoms with van der Waals surface area (Å²) in [5.41, 5.74) is 3.06. The van der Waals surface area contributed by atoms with Crippen molar-refractivity contribution in [2.75, 3.05) is 26.3 Å². The first-order chi connectivity index (χ1) is 7.83. The van der Waals surface area contributed by atoms with Crippen LogP contribution in [0, 0.1) is 17.8 Å². The van der Waals surface area contributed by atoms with Crippen molar-refractivity contribution in [2.24, 2.45) is 17.8 Å². The fourth-order valence-electron chi connectivity index (χ4n) is 3.48. The molecule has 1 N–H and O–H groups in total. The number of fused-ring (bicyclic) bond motifs is 2. The lowest BCUT2D eigenvalue weighted by Gasteiger charge is -2.30. The molecule has 0 aromatic rings. The van der Waals surface area contributed by atoms with E-state index in [1.807, 2.05) is 5.01 Å². The predicted molar refractivity (Wildman–Crippen MR) is 59.5 cm³/mol. The lowest BCUT2D eigenvalue weighted by atomic mass is 9.88. The molecule has 3 aliphatic rings. The Morgan fingerprint density at radius 2 is 2.00 bits per heavy atom. The second-order valence-corrected chi connectivity index (χ2v) is 5.36. The van der Waals surface area contributed by atoms with Crippen LogP contribution in [0.3, 0.4) is 0 Å². The van der Waals surface area contributed by atoms with E-state index in [1.54, 1.807) is 0 Å². The fraction of sp³-hybridized carbons (Fsp3) is 0.917. The van der Waals surface area contributed by atoms with Crippen molar-refractivity contribution < 1.29 is 9.53 Å². The molecule has 0 unspecified atom stereocenters. The number of amides is 1. The number of morpholine rings is 1. The summed E-state index contributed by atoms with van der Waals surface area (Å²) in [5.74, 6) is 2.06. The highest BCUT2D eigenvalue weighted by atomic mass is 16.5. The summed E-state index contributed by atoms with van der Waals surface area (Å²) in [7, 11) is 0. The van der Waals surface area contributed by atoms with Gasteiger partial charge in [0.2, 0.25) is 5.91 Å². The van der Waals surface area contributed by atoms with Gasteiger partial charge in [-0.15, -0.1) is 0 Å². The number of hydrogen-bond donors (Lipinski definition) is 1. The smallest absolute Gasteiger partial charge is 0.237 e. The van der Waals surface area contributed by atoms with Crippen LogP contribution in [-0.2, 0) is 9.53 Å². The molecule has 90 valence electrons. The third kappa shape index (κ3) is 1.96. The van der Waals surface area contributed by atoms with Gasteiger partial charge >= 0.3 is 0 Å². The van der Waals surface area contributed by atoms with Crippen molar-refractivity contribution in [2.45, 2.75) is 25.7 Å². The molecule has 0 aromatic heterocycles. The Labute approximate surface area is 96.3 Å². The van der Waals surface area contributed by atoms with Crippen molar-refractivity contribution in [1.29, 1.82) is 0 Å². The normalized spacial score (nSPS) is 38.9. The van der Waals surface area contributed by atoms with Crippen LogP contribution in [0.15, 0.2) is 0 Å². The average molecular weight is 224 g/mol. The van der Waals surface area contributed by atoms with Crippen LogP contribution in [0.4, 0.5) is 0 Å². The molecule has 3 atom stereocenters. The minimum atomic E-state index is 0.258. The van der Waals surface area contributed by atoms with Crippen LogP contribution in [0.2, 0.25) is 0 Å². The van der Waals surface area contributed by atoms with Gasteiger partial charge in [0, 0.05) is 19.0 Å².